The molecule has 2 amide bonds. The zero-order chi connectivity index (χ0) is 26.6. The van der Waals surface area contributed by atoms with Gasteiger partial charge in [-0.1, -0.05) is 81.7 Å². The minimum Gasteiger partial charge on any atom is -0.461 e. The number of esters is 1. The number of carbonyl (C=O) groups is 4. The summed E-state index contributed by atoms with van der Waals surface area (Å²) >= 11 is 0. The number of hydrogen-bond acceptors (Lipinski definition) is 7. The quantitative estimate of drug-likeness (QED) is 0.155. The van der Waals surface area contributed by atoms with Gasteiger partial charge in [-0.2, -0.15) is 0 Å². The molecule has 2 fully saturated rings. The average molecular weight is 518 g/mol. The third-order valence-corrected chi connectivity index (χ3v) is 6.28. The maximum Gasteiger partial charge on any atom is 0.333 e. The van der Waals surface area contributed by atoms with E-state index >= 15 is 0 Å². The van der Waals surface area contributed by atoms with E-state index in [4.69, 9.17) is 14.3 Å². The molecule has 8 nitrogen and oxygen atoms in total. The highest BCUT2D eigenvalue weighted by molar-refractivity contribution is 6.01. The number of benzene rings is 1. The molecule has 0 spiro atoms. The van der Waals surface area contributed by atoms with E-state index in [0.717, 1.165) is 57.3 Å². The van der Waals surface area contributed by atoms with Crippen molar-refractivity contribution >= 4 is 23.8 Å². The van der Waals surface area contributed by atoms with Crippen molar-refractivity contribution in [3.63, 3.8) is 0 Å². The molecule has 0 bridgehead atoms. The van der Waals surface area contributed by atoms with Crippen molar-refractivity contribution < 1.29 is 33.5 Å². The third kappa shape index (κ3) is 14.6. The largest absolute Gasteiger partial charge is 0.461 e. The third-order valence-electron chi connectivity index (χ3n) is 6.28. The molecule has 37 heavy (non-hydrogen) atoms. The van der Waals surface area contributed by atoms with Gasteiger partial charge >= 0.3 is 11.9 Å². The highest BCUT2D eigenvalue weighted by Crippen LogP contribution is 2.15. The number of amides is 2. The summed E-state index contributed by atoms with van der Waals surface area (Å²) in [5.41, 5.74) is 1.01. The number of ether oxygens (including phenoxy) is 2. The van der Waals surface area contributed by atoms with E-state index in [0.29, 0.717) is 24.5 Å². The highest BCUT2D eigenvalue weighted by Gasteiger charge is 2.32. The number of hydrogen-bond donors (Lipinski definition) is 0. The molecule has 1 aromatic carbocycles. The van der Waals surface area contributed by atoms with Gasteiger partial charge in [0.25, 0.3) is 11.8 Å². The van der Waals surface area contributed by atoms with Crippen LogP contribution >= 0.6 is 0 Å². The first-order valence-corrected chi connectivity index (χ1v) is 13.9. The van der Waals surface area contributed by atoms with E-state index in [1.807, 2.05) is 30.3 Å². The van der Waals surface area contributed by atoms with Gasteiger partial charge in [0.2, 0.25) is 0 Å². The van der Waals surface area contributed by atoms with E-state index in [9.17, 15) is 19.2 Å². The van der Waals surface area contributed by atoms with Crippen LogP contribution in [0.5, 0.6) is 0 Å². The van der Waals surface area contributed by atoms with E-state index in [-0.39, 0.29) is 25.2 Å². The number of rotatable bonds is 16. The van der Waals surface area contributed by atoms with Gasteiger partial charge in [-0.15, -0.1) is 5.06 Å². The molecule has 0 unspecified atom stereocenters. The van der Waals surface area contributed by atoms with Crippen LogP contribution in [0, 0.1) is 0 Å². The molecule has 0 saturated carbocycles. The van der Waals surface area contributed by atoms with E-state index in [1.165, 1.54) is 32.1 Å². The molecule has 0 N–H and O–H groups in total. The fourth-order valence-corrected chi connectivity index (χ4v) is 4.08. The Hall–Kier alpha value is -2.74. The van der Waals surface area contributed by atoms with Crippen LogP contribution in [0.1, 0.15) is 108 Å². The molecule has 206 valence electrons. The molecule has 2 aliphatic heterocycles. The number of carbonyl (C=O) groups excluding carboxylic acids is 4. The summed E-state index contributed by atoms with van der Waals surface area (Å²) in [4.78, 5) is 51.1. The van der Waals surface area contributed by atoms with Crippen LogP contribution in [0.4, 0.5) is 0 Å². The highest BCUT2D eigenvalue weighted by atomic mass is 16.7. The van der Waals surface area contributed by atoms with E-state index in [2.05, 4.69) is 0 Å². The van der Waals surface area contributed by atoms with Crippen molar-refractivity contribution in [3.05, 3.63) is 35.9 Å². The van der Waals surface area contributed by atoms with Gasteiger partial charge in [0.05, 0.1) is 0 Å². The van der Waals surface area contributed by atoms with E-state index < -0.39 is 17.8 Å². The Balaban J connectivity index is 0.000000856. The van der Waals surface area contributed by atoms with Gasteiger partial charge in [0, 0.05) is 38.9 Å². The molecule has 2 aliphatic rings. The maximum atomic E-state index is 11.8. The van der Waals surface area contributed by atoms with Crippen LogP contribution in [-0.4, -0.2) is 42.0 Å². The molecular formula is C29H43NO7. The molecule has 2 heterocycles. The second kappa shape index (κ2) is 19.4. The van der Waals surface area contributed by atoms with Crippen molar-refractivity contribution in [2.75, 3.05) is 13.2 Å². The number of imide groups is 1. The zero-order valence-corrected chi connectivity index (χ0v) is 22.1. The second-order valence-electron chi connectivity index (χ2n) is 9.55. The summed E-state index contributed by atoms with van der Waals surface area (Å²) in [6.07, 6.45) is 13.9. The van der Waals surface area contributed by atoms with Crippen molar-refractivity contribution in [2.24, 2.45) is 0 Å². The molecule has 8 heteroatoms. The smallest absolute Gasteiger partial charge is 0.333 e. The lowest BCUT2D eigenvalue weighted by Gasteiger charge is -2.12. The lowest BCUT2D eigenvalue weighted by atomic mass is 10.1. The Kier molecular flexibility index (Phi) is 16.0. The predicted molar refractivity (Wildman–Crippen MR) is 139 cm³/mol. The van der Waals surface area contributed by atoms with Crippen molar-refractivity contribution in [3.8, 4) is 0 Å². The molecule has 2 saturated heterocycles. The Bertz CT molecular complexity index is 784. The minimum absolute atomic E-state index is 0.118. The first-order chi connectivity index (χ1) is 18.1. The molecule has 1 aromatic rings. The van der Waals surface area contributed by atoms with Crippen LogP contribution in [0.3, 0.4) is 0 Å². The molecule has 0 atom stereocenters. The topological polar surface area (TPSA) is 99.2 Å². The summed E-state index contributed by atoms with van der Waals surface area (Å²) in [5.74, 6) is -1.52. The molecular weight excluding hydrogens is 474 g/mol. The maximum absolute atomic E-state index is 11.8. The van der Waals surface area contributed by atoms with Gasteiger partial charge in [0.15, 0.2) is 0 Å². The van der Waals surface area contributed by atoms with Gasteiger partial charge in [-0.3, -0.25) is 14.4 Å². The monoisotopic (exact) mass is 517 g/mol. The van der Waals surface area contributed by atoms with Crippen molar-refractivity contribution in [2.45, 2.75) is 109 Å². The summed E-state index contributed by atoms with van der Waals surface area (Å²) < 4.78 is 10.2. The summed E-state index contributed by atoms with van der Waals surface area (Å²) in [7, 11) is 0. The van der Waals surface area contributed by atoms with Crippen LogP contribution in [0.25, 0.3) is 0 Å². The molecule has 0 radical (unpaired) electrons. The van der Waals surface area contributed by atoms with Gasteiger partial charge in [-0.25, -0.2) is 4.79 Å². The lowest BCUT2D eigenvalue weighted by Crippen LogP contribution is -2.31. The van der Waals surface area contributed by atoms with Crippen LogP contribution in [-0.2, 0) is 40.1 Å². The zero-order valence-electron chi connectivity index (χ0n) is 22.1. The fourth-order valence-electron chi connectivity index (χ4n) is 4.08. The summed E-state index contributed by atoms with van der Waals surface area (Å²) in [6.45, 7) is 2.35. The fraction of sp³-hybridized carbons (Fsp3) is 0.655. The lowest BCUT2D eigenvalue weighted by molar-refractivity contribution is -0.197. The number of nitrogens with zero attached hydrogens (tertiary/aromatic N) is 1. The minimum atomic E-state index is -0.516. The molecule has 0 aromatic heterocycles. The summed E-state index contributed by atoms with van der Waals surface area (Å²) in [6, 6.07) is 9.70. The molecule has 3 rings (SSSR count). The first kappa shape index (κ1) is 30.5. The van der Waals surface area contributed by atoms with Crippen LogP contribution in [0.2, 0.25) is 0 Å². The second-order valence-corrected chi connectivity index (χ2v) is 9.55. The predicted octanol–water partition coefficient (Wildman–Crippen LogP) is 5.82. The van der Waals surface area contributed by atoms with Gasteiger partial charge < -0.3 is 14.3 Å². The van der Waals surface area contributed by atoms with Crippen LogP contribution < -0.4 is 0 Å². The Morgan fingerprint density at radius 2 is 1.19 bits per heavy atom. The van der Waals surface area contributed by atoms with Crippen LogP contribution in [0.15, 0.2) is 30.3 Å². The summed E-state index contributed by atoms with van der Waals surface area (Å²) in [5, 5.41) is 0.607. The van der Waals surface area contributed by atoms with E-state index in [1.54, 1.807) is 0 Å². The number of unbranched alkanes of at least 4 members (excludes halogenated alkanes) is 9. The SMILES string of the molecule is C1CCOC1.O=C(CCCCCCCCCCCCC(=O)ON1C(=O)CCC1=O)OCc1ccccc1. The Morgan fingerprint density at radius 3 is 1.68 bits per heavy atom. The Labute approximate surface area is 221 Å². The average Bonchev–Trinajstić information content (AvgIpc) is 3.59. The Morgan fingerprint density at radius 1 is 0.703 bits per heavy atom. The van der Waals surface area contributed by atoms with Gasteiger partial charge in [0.1, 0.15) is 6.61 Å². The molecule has 0 aliphatic carbocycles. The van der Waals surface area contributed by atoms with Crippen molar-refractivity contribution in [1.29, 1.82) is 0 Å². The number of hydroxylamine groups is 2. The van der Waals surface area contributed by atoms with Crippen molar-refractivity contribution in [1.82, 2.24) is 5.06 Å². The van der Waals surface area contributed by atoms with Gasteiger partial charge in [-0.05, 0) is 31.2 Å². The first-order valence-electron chi connectivity index (χ1n) is 13.9. The standard InChI is InChI=1S/C25H35NO6.C4H8O/c27-22-18-19-23(28)26(22)32-25(30)17-13-8-6-4-2-1-3-5-7-12-16-24(29)31-20-21-14-10-9-11-15-21;1-2-4-5-3-1/h9-11,14-15H,1-8,12-13,16-20H2;1-4H2. The normalized spacial score (nSPS) is 14.9.